The fraction of sp³-hybridized carbons (Fsp3) is 0.171. The van der Waals surface area contributed by atoms with E-state index in [2.05, 4.69) is 10.6 Å². The summed E-state index contributed by atoms with van der Waals surface area (Å²) in [4.78, 5) is 18.8. The molecule has 0 bridgehead atoms. The monoisotopic (exact) mass is 671 g/mol. The van der Waals surface area contributed by atoms with Gasteiger partial charge in [0.15, 0.2) is 0 Å². The molecule has 1 aromatic heterocycles. The van der Waals surface area contributed by atoms with Crippen LogP contribution in [0.1, 0.15) is 36.6 Å². The van der Waals surface area contributed by atoms with Gasteiger partial charge in [0.25, 0.3) is 5.91 Å². The maximum atomic E-state index is 14.1. The van der Waals surface area contributed by atoms with Crippen molar-refractivity contribution in [2.75, 3.05) is 17.2 Å². The quantitative estimate of drug-likeness (QED) is 0.136. The molecule has 46 heavy (non-hydrogen) atoms. The summed E-state index contributed by atoms with van der Waals surface area (Å²) in [7, 11) is 0. The van der Waals surface area contributed by atoms with E-state index < -0.39 is 6.04 Å². The molecule has 0 aliphatic carbocycles. The molecule has 1 aliphatic heterocycles. The van der Waals surface area contributed by atoms with E-state index in [4.69, 9.17) is 42.8 Å². The van der Waals surface area contributed by atoms with E-state index in [9.17, 15) is 4.79 Å². The van der Waals surface area contributed by atoms with Gasteiger partial charge in [-0.2, -0.15) is 4.98 Å². The molecule has 0 saturated carbocycles. The Morgan fingerprint density at radius 2 is 1.70 bits per heavy atom. The van der Waals surface area contributed by atoms with Gasteiger partial charge >= 0.3 is 0 Å². The topological polar surface area (TPSA) is 90.3 Å². The number of anilines is 2. The maximum Gasteiger partial charge on any atom is 0.255 e. The molecule has 5 aromatic rings. The van der Waals surface area contributed by atoms with Crippen molar-refractivity contribution in [3.05, 3.63) is 135 Å². The van der Waals surface area contributed by atoms with Crippen molar-refractivity contribution in [3.63, 3.8) is 0 Å². The van der Waals surface area contributed by atoms with Gasteiger partial charge in [0.05, 0.1) is 17.9 Å². The largest absolute Gasteiger partial charge is 0.492 e. The molecule has 1 aliphatic rings. The molecule has 0 fully saturated rings. The lowest BCUT2D eigenvalue weighted by Gasteiger charge is -2.29. The van der Waals surface area contributed by atoms with Gasteiger partial charge in [-0.3, -0.25) is 4.79 Å². The summed E-state index contributed by atoms with van der Waals surface area (Å²) in [6.45, 7) is 4.65. The predicted molar refractivity (Wildman–Crippen MR) is 184 cm³/mol. The number of ether oxygens (including phenoxy) is 2. The van der Waals surface area contributed by atoms with Gasteiger partial charge in [0.1, 0.15) is 24.1 Å². The zero-order valence-corrected chi connectivity index (χ0v) is 27.5. The predicted octanol–water partition coefficient (Wildman–Crippen LogP) is 8.78. The van der Waals surface area contributed by atoms with Crippen molar-refractivity contribution in [2.24, 2.45) is 0 Å². The van der Waals surface area contributed by atoms with Gasteiger partial charge < -0.3 is 20.1 Å². The number of para-hydroxylation sites is 2. The lowest BCUT2D eigenvalue weighted by molar-refractivity contribution is -0.113. The third kappa shape index (κ3) is 7.17. The van der Waals surface area contributed by atoms with Crippen LogP contribution >= 0.6 is 35.0 Å². The number of benzene rings is 4. The smallest absolute Gasteiger partial charge is 0.255 e. The van der Waals surface area contributed by atoms with Gasteiger partial charge in [-0.25, -0.2) is 4.68 Å². The Balaban J connectivity index is 1.30. The number of halogens is 2. The summed E-state index contributed by atoms with van der Waals surface area (Å²) in [5.74, 6) is 2.15. The van der Waals surface area contributed by atoms with Crippen LogP contribution in [0.25, 0.3) is 0 Å². The van der Waals surface area contributed by atoms with Crippen LogP contribution in [-0.4, -0.2) is 27.3 Å². The van der Waals surface area contributed by atoms with Crippen LogP contribution in [0, 0.1) is 0 Å². The van der Waals surface area contributed by atoms with Gasteiger partial charge in [-0.15, -0.1) is 5.10 Å². The average Bonchev–Trinajstić information content (AvgIpc) is 3.47. The number of amides is 1. The lowest BCUT2D eigenvalue weighted by Crippen LogP contribution is -2.31. The van der Waals surface area contributed by atoms with E-state index in [-0.39, 0.29) is 5.91 Å². The van der Waals surface area contributed by atoms with E-state index in [1.807, 2.05) is 111 Å². The lowest BCUT2D eigenvalue weighted by atomic mass is 9.95. The Morgan fingerprint density at radius 1 is 0.957 bits per heavy atom. The molecule has 8 nitrogen and oxygen atoms in total. The molecule has 6 rings (SSSR count). The van der Waals surface area contributed by atoms with Gasteiger partial charge in [-0.1, -0.05) is 89.6 Å². The first-order valence-corrected chi connectivity index (χ1v) is 16.4. The molecule has 11 heteroatoms. The second-order valence-electron chi connectivity index (χ2n) is 10.5. The van der Waals surface area contributed by atoms with E-state index in [0.29, 0.717) is 68.6 Å². The highest BCUT2D eigenvalue weighted by Crippen LogP contribution is 2.38. The molecule has 234 valence electrons. The number of nitrogens with one attached hydrogen (secondary N) is 2. The Labute approximate surface area is 281 Å². The minimum absolute atomic E-state index is 0.281. The third-order valence-electron chi connectivity index (χ3n) is 7.34. The Bertz CT molecular complexity index is 1880. The molecule has 1 amide bonds. The highest BCUT2D eigenvalue weighted by Gasteiger charge is 2.34. The molecule has 2 N–H and O–H groups in total. The standard InChI is InChI=1S/C35H31Cl2N5O3S/c1-3-44-30-11-7-6-10-29(30)39-33(43)31-22(2)38-34-40-35(46-21-25-8-4-5-9-28(25)37)41-42(34)32(31)24-14-18-27(19-15-24)45-20-23-12-16-26(36)17-13-23/h4-19,32H,3,20-21H2,1-2H3,(H,39,43)(H,38,40,41). The first kappa shape index (κ1) is 31.5. The first-order chi connectivity index (χ1) is 22.4. The van der Waals surface area contributed by atoms with Crippen molar-refractivity contribution in [2.45, 2.75) is 37.4 Å². The number of thioether (sulfide) groups is 1. The molecule has 0 radical (unpaired) electrons. The number of fused-ring (bicyclic) bond motifs is 1. The molecule has 2 heterocycles. The maximum absolute atomic E-state index is 14.1. The Morgan fingerprint density at radius 3 is 2.46 bits per heavy atom. The van der Waals surface area contributed by atoms with Gasteiger partial charge in [0.2, 0.25) is 11.1 Å². The van der Waals surface area contributed by atoms with Crippen LogP contribution in [0.4, 0.5) is 11.6 Å². The summed E-state index contributed by atoms with van der Waals surface area (Å²) < 4.78 is 13.6. The third-order valence-corrected chi connectivity index (χ3v) is 8.85. The van der Waals surface area contributed by atoms with Crippen LogP contribution in [0.3, 0.4) is 0 Å². The summed E-state index contributed by atoms with van der Waals surface area (Å²) in [5.41, 5.74) is 4.59. The number of rotatable bonds is 11. The summed E-state index contributed by atoms with van der Waals surface area (Å²) in [6, 6.07) is 29.7. The highest BCUT2D eigenvalue weighted by atomic mass is 35.5. The Kier molecular flexibility index (Phi) is 9.82. The van der Waals surface area contributed by atoms with Gasteiger partial charge in [0, 0.05) is 21.5 Å². The number of hydrogen-bond acceptors (Lipinski definition) is 7. The number of aromatic nitrogens is 3. The summed E-state index contributed by atoms with van der Waals surface area (Å²) in [5, 5.41) is 13.2. The van der Waals surface area contributed by atoms with Crippen LogP contribution in [0.15, 0.2) is 113 Å². The number of allylic oxidation sites excluding steroid dienone is 1. The zero-order chi connectivity index (χ0) is 32.0. The second-order valence-corrected chi connectivity index (χ2v) is 12.3. The van der Waals surface area contributed by atoms with E-state index in [1.54, 1.807) is 4.68 Å². The van der Waals surface area contributed by atoms with Crippen molar-refractivity contribution in [1.29, 1.82) is 0 Å². The van der Waals surface area contributed by atoms with E-state index in [0.717, 1.165) is 16.7 Å². The number of nitrogens with zero attached hydrogens (tertiary/aromatic N) is 3. The zero-order valence-electron chi connectivity index (χ0n) is 25.2. The van der Waals surface area contributed by atoms with Crippen molar-refractivity contribution in [3.8, 4) is 11.5 Å². The number of carbonyl (C=O) groups is 1. The van der Waals surface area contributed by atoms with Crippen LogP contribution < -0.4 is 20.1 Å². The van der Waals surface area contributed by atoms with Crippen molar-refractivity contribution >= 4 is 52.5 Å². The molecule has 0 spiro atoms. The summed E-state index contributed by atoms with van der Waals surface area (Å²) >= 11 is 13.9. The first-order valence-electron chi connectivity index (χ1n) is 14.7. The minimum atomic E-state index is -0.567. The highest BCUT2D eigenvalue weighted by molar-refractivity contribution is 7.98. The molecule has 0 saturated heterocycles. The molecular formula is C35H31Cl2N5O3S. The molecule has 1 atom stereocenters. The van der Waals surface area contributed by atoms with Gasteiger partial charge in [-0.05, 0) is 73.0 Å². The molecular weight excluding hydrogens is 641 g/mol. The average molecular weight is 673 g/mol. The minimum Gasteiger partial charge on any atom is -0.492 e. The van der Waals surface area contributed by atoms with E-state index in [1.165, 1.54) is 11.8 Å². The van der Waals surface area contributed by atoms with Crippen molar-refractivity contribution in [1.82, 2.24) is 14.8 Å². The second kappa shape index (κ2) is 14.3. The molecule has 4 aromatic carbocycles. The SMILES string of the molecule is CCOc1ccccc1NC(=O)C1=C(C)Nc2nc(SCc3ccccc3Cl)nn2C1c1ccc(OCc2ccc(Cl)cc2)cc1. The summed E-state index contributed by atoms with van der Waals surface area (Å²) in [6.07, 6.45) is 0. The normalized spacial score (nSPS) is 14.0. The number of carbonyl (C=O) groups excluding carboxylic acids is 1. The molecule has 1 unspecified atom stereocenters. The van der Waals surface area contributed by atoms with E-state index >= 15 is 0 Å². The van der Waals surface area contributed by atoms with Crippen molar-refractivity contribution < 1.29 is 14.3 Å². The fourth-order valence-corrected chi connectivity index (χ4v) is 6.33. The van der Waals surface area contributed by atoms with Crippen LogP contribution in [0.5, 0.6) is 11.5 Å². The van der Waals surface area contributed by atoms with Crippen LogP contribution in [0.2, 0.25) is 10.0 Å². The fourth-order valence-electron chi connectivity index (χ4n) is 5.09. The number of hydrogen-bond donors (Lipinski definition) is 2. The Hall–Kier alpha value is -4.44. The van der Waals surface area contributed by atoms with Crippen LogP contribution in [-0.2, 0) is 17.2 Å².